The van der Waals surface area contributed by atoms with Gasteiger partial charge in [-0.05, 0) is 57.5 Å². The summed E-state index contributed by atoms with van der Waals surface area (Å²) in [5.74, 6) is 2.21. The summed E-state index contributed by atoms with van der Waals surface area (Å²) in [6.45, 7) is 6.92. The Morgan fingerprint density at radius 2 is 2.09 bits per heavy atom. The van der Waals surface area contributed by atoms with Gasteiger partial charge in [0.25, 0.3) is 11.4 Å². The van der Waals surface area contributed by atoms with Gasteiger partial charge in [0.15, 0.2) is 10.9 Å². The Kier molecular flexibility index (Phi) is 7.03. The molecule has 0 aliphatic rings. The number of furan rings is 1. The van der Waals surface area contributed by atoms with Crippen LogP contribution in [-0.4, -0.2) is 27.2 Å². The first-order chi connectivity index (χ1) is 15.4. The molecule has 1 aromatic carbocycles. The Bertz CT molecular complexity index is 1260. The van der Waals surface area contributed by atoms with Gasteiger partial charge in [0.1, 0.15) is 5.76 Å². The van der Waals surface area contributed by atoms with Crippen LogP contribution in [0.4, 0.5) is 0 Å². The highest BCUT2D eigenvalue weighted by atomic mass is 35.5. The van der Waals surface area contributed by atoms with Crippen LogP contribution in [0.5, 0.6) is 0 Å². The summed E-state index contributed by atoms with van der Waals surface area (Å²) in [4.78, 5) is 22.5. The molecule has 0 unspecified atom stereocenters. The molecule has 0 saturated heterocycles. The van der Waals surface area contributed by atoms with Crippen LogP contribution >= 0.6 is 23.4 Å². The van der Waals surface area contributed by atoms with Gasteiger partial charge in [0.05, 0.1) is 29.0 Å². The number of thioether (sulfide) groups is 1. The van der Waals surface area contributed by atoms with Crippen LogP contribution in [0, 0.1) is 6.92 Å². The molecule has 7 nitrogen and oxygen atoms in total. The highest BCUT2D eigenvalue weighted by Crippen LogP contribution is 2.28. The van der Waals surface area contributed by atoms with E-state index in [1.54, 1.807) is 41.2 Å². The summed E-state index contributed by atoms with van der Waals surface area (Å²) in [5.41, 5.74) is 1.26. The Balaban J connectivity index is 1.61. The first-order valence-corrected chi connectivity index (χ1v) is 11.7. The average molecular weight is 474 g/mol. The minimum atomic E-state index is -0.0909. The van der Waals surface area contributed by atoms with Crippen LogP contribution in [-0.2, 0) is 17.0 Å². The predicted molar refractivity (Wildman–Crippen MR) is 125 cm³/mol. The van der Waals surface area contributed by atoms with Gasteiger partial charge < -0.3 is 13.6 Å². The Morgan fingerprint density at radius 3 is 2.84 bits per heavy atom. The molecule has 3 heterocycles. The van der Waals surface area contributed by atoms with E-state index < -0.39 is 0 Å². The van der Waals surface area contributed by atoms with Gasteiger partial charge in [-0.25, -0.2) is 9.97 Å². The number of hydrogen-bond donors (Lipinski definition) is 0. The number of aryl methyl sites for hydroxylation is 1. The fourth-order valence-corrected chi connectivity index (χ4v) is 4.42. The molecule has 0 N–H and O–H groups in total. The molecule has 0 bridgehead atoms. The number of halogens is 1. The molecule has 168 valence electrons. The second-order valence-electron chi connectivity index (χ2n) is 7.57. The van der Waals surface area contributed by atoms with E-state index in [1.807, 2.05) is 20.8 Å². The van der Waals surface area contributed by atoms with E-state index in [-0.39, 0.29) is 11.7 Å². The first kappa shape index (κ1) is 22.6. The van der Waals surface area contributed by atoms with Crippen molar-refractivity contribution in [1.29, 1.82) is 0 Å². The number of fused-ring (bicyclic) bond motifs is 1. The van der Waals surface area contributed by atoms with Gasteiger partial charge in [-0.15, -0.1) is 0 Å². The minimum absolute atomic E-state index is 0.0909. The van der Waals surface area contributed by atoms with Gasteiger partial charge in [-0.3, -0.25) is 9.36 Å². The largest absolute Gasteiger partial charge is 0.459 e. The Labute approximate surface area is 194 Å². The van der Waals surface area contributed by atoms with Crippen LogP contribution < -0.4 is 5.56 Å². The zero-order chi connectivity index (χ0) is 22.7. The lowest BCUT2D eigenvalue weighted by atomic mass is 10.2. The topological polar surface area (TPSA) is 83.3 Å². The number of ether oxygens (including phenoxy) is 1. The molecule has 0 radical (unpaired) electrons. The molecule has 4 rings (SSSR count). The van der Waals surface area contributed by atoms with Crippen LogP contribution in [0.3, 0.4) is 0 Å². The van der Waals surface area contributed by atoms with Crippen molar-refractivity contribution in [3.8, 4) is 11.7 Å². The van der Waals surface area contributed by atoms with E-state index in [4.69, 9.17) is 30.2 Å². The quantitative estimate of drug-likeness (QED) is 0.175. The third kappa shape index (κ3) is 5.09. The van der Waals surface area contributed by atoms with Gasteiger partial charge in [-0.1, -0.05) is 23.4 Å². The number of oxazole rings is 1. The zero-order valence-electron chi connectivity index (χ0n) is 18.1. The third-order valence-corrected chi connectivity index (χ3v) is 6.04. The highest BCUT2D eigenvalue weighted by Gasteiger charge is 2.17. The maximum atomic E-state index is 13.2. The van der Waals surface area contributed by atoms with Crippen molar-refractivity contribution in [2.45, 2.75) is 50.8 Å². The summed E-state index contributed by atoms with van der Waals surface area (Å²) in [6.07, 6.45) is 2.43. The molecule has 9 heteroatoms. The summed E-state index contributed by atoms with van der Waals surface area (Å²) >= 11 is 7.58. The van der Waals surface area contributed by atoms with E-state index in [0.29, 0.717) is 63.8 Å². The third-order valence-electron chi connectivity index (χ3n) is 4.82. The van der Waals surface area contributed by atoms with Crippen molar-refractivity contribution in [1.82, 2.24) is 14.5 Å². The normalized spacial score (nSPS) is 11.7. The summed E-state index contributed by atoms with van der Waals surface area (Å²) in [7, 11) is 0. The minimum Gasteiger partial charge on any atom is -0.459 e. The lowest BCUT2D eigenvalue weighted by Gasteiger charge is -2.14. The average Bonchev–Trinajstić information content (AvgIpc) is 3.40. The molecule has 0 atom stereocenters. The van der Waals surface area contributed by atoms with Crippen molar-refractivity contribution < 1.29 is 13.6 Å². The molecule has 0 saturated carbocycles. The second-order valence-corrected chi connectivity index (χ2v) is 8.95. The number of aromatic nitrogens is 3. The Hall–Kier alpha value is -2.55. The molecular weight excluding hydrogens is 450 g/mol. The standard InChI is InChI=1S/C23H24ClN3O4S/c1-14(2)29-11-5-9-27-22(28)17-8-7-16(24)12-18(17)26-23(27)32-13-19-15(3)31-21(25-19)20-6-4-10-30-20/h4,6-8,10,12,14H,5,9,11,13H2,1-3H3. The first-order valence-electron chi connectivity index (χ1n) is 10.4. The zero-order valence-corrected chi connectivity index (χ0v) is 19.7. The van der Waals surface area contributed by atoms with E-state index in [9.17, 15) is 4.79 Å². The van der Waals surface area contributed by atoms with E-state index in [2.05, 4.69) is 4.98 Å². The molecule has 0 amide bonds. The molecule has 0 fully saturated rings. The molecule has 0 aliphatic carbocycles. The summed E-state index contributed by atoms with van der Waals surface area (Å²) in [6, 6.07) is 8.73. The lowest BCUT2D eigenvalue weighted by Crippen LogP contribution is -2.24. The van der Waals surface area contributed by atoms with E-state index >= 15 is 0 Å². The van der Waals surface area contributed by atoms with Gasteiger partial charge in [0, 0.05) is 23.9 Å². The van der Waals surface area contributed by atoms with Crippen LogP contribution in [0.15, 0.2) is 55.4 Å². The number of hydrogen-bond acceptors (Lipinski definition) is 7. The molecule has 3 aromatic heterocycles. The number of rotatable bonds is 9. The highest BCUT2D eigenvalue weighted by molar-refractivity contribution is 7.98. The summed E-state index contributed by atoms with van der Waals surface area (Å²) < 4.78 is 18.5. The molecule has 32 heavy (non-hydrogen) atoms. The molecular formula is C23H24ClN3O4S. The van der Waals surface area contributed by atoms with Gasteiger partial charge in [0.2, 0.25) is 0 Å². The van der Waals surface area contributed by atoms with E-state index in [1.165, 1.54) is 11.8 Å². The van der Waals surface area contributed by atoms with Crippen molar-refractivity contribution in [2.24, 2.45) is 0 Å². The lowest BCUT2D eigenvalue weighted by molar-refractivity contribution is 0.0743. The number of nitrogens with zero attached hydrogens (tertiary/aromatic N) is 3. The number of benzene rings is 1. The van der Waals surface area contributed by atoms with Crippen LogP contribution in [0.1, 0.15) is 31.7 Å². The fourth-order valence-electron chi connectivity index (χ4n) is 3.22. The van der Waals surface area contributed by atoms with E-state index in [0.717, 1.165) is 5.69 Å². The monoisotopic (exact) mass is 473 g/mol. The molecule has 0 aliphatic heterocycles. The molecule has 0 spiro atoms. The maximum Gasteiger partial charge on any atom is 0.263 e. The fraction of sp³-hybridized carbons (Fsp3) is 0.348. The predicted octanol–water partition coefficient (Wildman–Crippen LogP) is 5.71. The Morgan fingerprint density at radius 1 is 1.25 bits per heavy atom. The van der Waals surface area contributed by atoms with Crippen molar-refractivity contribution in [3.63, 3.8) is 0 Å². The smallest absolute Gasteiger partial charge is 0.263 e. The van der Waals surface area contributed by atoms with Crippen molar-refractivity contribution in [3.05, 3.63) is 63.4 Å². The van der Waals surface area contributed by atoms with Crippen molar-refractivity contribution >= 4 is 34.3 Å². The van der Waals surface area contributed by atoms with Gasteiger partial charge >= 0.3 is 0 Å². The van der Waals surface area contributed by atoms with Crippen LogP contribution in [0.25, 0.3) is 22.6 Å². The summed E-state index contributed by atoms with van der Waals surface area (Å²) in [5, 5.41) is 1.69. The maximum absolute atomic E-state index is 13.2. The van der Waals surface area contributed by atoms with Crippen molar-refractivity contribution in [2.75, 3.05) is 6.61 Å². The van der Waals surface area contributed by atoms with Crippen LogP contribution in [0.2, 0.25) is 5.02 Å². The second kappa shape index (κ2) is 9.94. The van der Waals surface area contributed by atoms with Gasteiger partial charge in [-0.2, -0.15) is 0 Å². The SMILES string of the molecule is Cc1oc(-c2ccco2)nc1CSc1nc2cc(Cl)ccc2c(=O)n1CCCOC(C)C. The molecule has 4 aromatic rings.